The lowest BCUT2D eigenvalue weighted by Crippen LogP contribution is -2.29. The molecule has 18 heavy (non-hydrogen) atoms. The average molecular weight is 254 g/mol. The van der Waals surface area contributed by atoms with Gasteiger partial charge in [-0.25, -0.2) is 4.39 Å². The highest BCUT2D eigenvalue weighted by atomic mass is 19.1. The minimum Gasteiger partial charge on any atom is -0.469 e. The largest absolute Gasteiger partial charge is 0.469 e. The van der Waals surface area contributed by atoms with Gasteiger partial charge in [0, 0.05) is 19.2 Å². The van der Waals surface area contributed by atoms with Crippen molar-refractivity contribution < 1.29 is 18.7 Å². The first kappa shape index (κ1) is 14.0. The van der Waals surface area contributed by atoms with Gasteiger partial charge in [-0.05, 0) is 18.2 Å². The summed E-state index contributed by atoms with van der Waals surface area (Å²) >= 11 is 0. The molecule has 6 heteroatoms. The lowest BCUT2D eigenvalue weighted by atomic mass is 10.1. The van der Waals surface area contributed by atoms with Gasteiger partial charge in [-0.2, -0.15) is 0 Å². The molecule has 1 aromatic carbocycles. The zero-order valence-corrected chi connectivity index (χ0v) is 10.3. The Morgan fingerprint density at radius 1 is 1.44 bits per heavy atom. The van der Waals surface area contributed by atoms with E-state index in [0.29, 0.717) is 0 Å². The van der Waals surface area contributed by atoms with Crippen molar-refractivity contribution in [3.05, 3.63) is 29.6 Å². The van der Waals surface area contributed by atoms with Crippen LogP contribution in [0.1, 0.15) is 16.8 Å². The maximum Gasteiger partial charge on any atom is 0.307 e. The molecule has 5 nitrogen and oxygen atoms in total. The van der Waals surface area contributed by atoms with Crippen molar-refractivity contribution in [3.8, 4) is 0 Å². The van der Waals surface area contributed by atoms with Crippen LogP contribution in [0, 0.1) is 5.82 Å². The van der Waals surface area contributed by atoms with Crippen LogP contribution in [-0.2, 0) is 9.53 Å². The Morgan fingerprint density at radius 2 is 2.11 bits per heavy atom. The second kappa shape index (κ2) is 6.00. The van der Waals surface area contributed by atoms with E-state index in [-0.39, 0.29) is 30.1 Å². The average Bonchev–Trinajstić information content (AvgIpc) is 2.37. The number of nitrogens with zero attached hydrogens (tertiary/aromatic N) is 1. The second-order valence-electron chi connectivity index (χ2n) is 3.79. The van der Waals surface area contributed by atoms with Crippen LogP contribution < -0.4 is 5.73 Å². The minimum absolute atomic E-state index is 0.0813. The summed E-state index contributed by atoms with van der Waals surface area (Å²) in [5.74, 6) is -1.29. The van der Waals surface area contributed by atoms with Gasteiger partial charge in [-0.3, -0.25) is 9.59 Å². The molecule has 0 radical (unpaired) electrons. The van der Waals surface area contributed by atoms with Crippen molar-refractivity contribution in [2.24, 2.45) is 0 Å². The molecule has 98 valence electrons. The Labute approximate surface area is 104 Å². The number of carbonyl (C=O) groups is 2. The highest BCUT2D eigenvalue weighted by Gasteiger charge is 2.14. The molecule has 1 aromatic rings. The zero-order valence-electron chi connectivity index (χ0n) is 10.3. The van der Waals surface area contributed by atoms with Crippen LogP contribution in [-0.4, -0.2) is 37.5 Å². The van der Waals surface area contributed by atoms with Crippen molar-refractivity contribution in [2.45, 2.75) is 6.42 Å². The molecule has 0 unspecified atom stereocenters. The predicted octanol–water partition coefficient (Wildman–Crippen LogP) is 1.04. The molecule has 0 aromatic heterocycles. The summed E-state index contributed by atoms with van der Waals surface area (Å²) in [5.41, 5.74) is 5.58. The van der Waals surface area contributed by atoms with Gasteiger partial charge >= 0.3 is 5.97 Å². The molecule has 1 rings (SSSR count). The van der Waals surface area contributed by atoms with E-state index in [0.717, 1.165) is 6.07 Å². The Morgan fingerprint density at radius 3 is 2.67 bits per heavy atom. The van der Waals surface area contributed by atoms with Gasteiger partial charge < -0.3 is 15.4 Å². The summed E-state index contributed by atoms with van der Waals surface area (Å²) in [7, 11) is 2.83. The quantitative estimate of drug-likeness (QED) is 0.643. The Hall–Kier alpha value is -2.11. The summed E-state index contributed by atoms with van der Waals surface area (Å²) in [6.45, 7) is 0.225. The molecule has 0 aliphatic carbocycles. The third-order valence-electron chi connectivity index (χ3n) is 2.47. The van der Waals surface area contributed by atoms with Gasteiger partial charge in [0.2, 0.25) is 0 Å². The molecule has 0 saturated carbocycles. The van der Waals surface area contributed by atoms with E-state index in [4.69, 9.17) is 5.73 Å². The van der Waals surface area contributed by atoms with E-state index in [2.05, 4.69) is 4.74 Å². The van der Waals surface area contributed by atoms with Crippen LogP contribution in [0.25, 0.3) is 0 Å². The smallest absolute Gasteiger partial charge is 0.307 e. The van der Waals surface area contributed by atoms with Crippen molar-refractivity contribution in [1.29, 1.82) is 0 Å². The topological polar surface area (TPSA) is 72.6 Å². The number of carbonyl (C=O) groups excluding carboxylic acids is 2. The van der Waals surface area contributed by atoms with Crippen molar-refractivity contribution in [3.63, 3.8) is 0 Å². The Balaban J connectivity index is 2.68. The highest BCUT2D eigenvalue weighted by molar-refractivity contribution is 5.95. The van der Waals surface area contributed by atoms with Gasteiger partial charge in [0.1, 0.15) is 5.82 Å². The van der Waals surface area contributed by atoms with Gasteiger partial charge in [-0.1, -0.05) is 0 Å². The predicted molar refractivity (Wildman–Crippen MR) is 64.4 cm³/mol. The summed E-state index contributed by atoms with van der Waals surface area (Å²) < 4.78 is 17.4. The number of ether oxygens (including phenoxy) is 1. The molecule has 0 fully saturated rings. The fourth-order valence-corrected chi connectivity index (χ4v) is 1.36. The summed E-state index contributed by atoms with van der Waals surface area (Å²) in [6.07, 6.45) is 0.107. The SMILES string of the molecule is COC(=O)CCN(C)C(=O)c1ccc(F)c(N)c1. The Kier molecular flexibility index (Phi) is 4.65. The van der Waals surface area contributed by atoms with Crippen LogP contribution in [0.2, 0.25) is 0 Å². The van der Waals surface area contributed by atoms with E-state index in [1.807, 2.05) is 0 Å². The molecule has 0 bridgehead atoms. The van der Waals surface area contributed by atoms with Crippen molar-refractivity contribution in [1.82, 2.24) is 4.90 Å². The highest BCUT2D eigenvalue weighted by Crippen LogP contribution is 2.13. The molecule has 0 saturated heterocycles. The molecule has 0 atom stereocenters. The fourth-order valence-electron chi connectivity index (χ4n) is 1.36. The zero-order chi connectivity index (χ0) is 13.7. The number of benzene rings is 1. The monoisotopic (exact) mass is 254 g/mol. The fraction of sp³-hybridized carbons (Fsp3) is 0.333. The first-order chi connectivity index (χ1) is 8.45. The molecule has 2 N–H and O–H groups in total. The third-order valence-corrected chi connectivity index (χ3v) is 2.47. The van der Waals surface area contributed by atoms with Crippen LogP contribution in [0.3, 0.4) is 0 Å². The van der Waals surface area contributed by atoms with Crippen LogP contribution in [0.15, 0.2) is 18.2 Å². The first-order valence-corrected chi connectivity index (χ1v) is 5.33. The number of esters is 1. The molecule has 1 amide bonds. The van der Waals surface area contributed by atoms with Gasteiger partial charge in [0.05, 0.1) is 19.2 Å². The van der Waals surface area contributed by atoms with Gasteiger partial charge in [-0.15, -0.1) is 0 Å². The number of methoxy groups -OCH3 is 1. The van der Waals surface area contributed by atoms with E-state index in [9.17, 15) is 14.0 Å². The number of rotatable bonds is 4. The van der Waals surface area contributed by atoms with E-state index >= 15 is 0 Å². The van der Waals surface area contributed by atoms with Gasteiger partial charge in [0.15, 0.2) is 0 Å². The van der Waals surface area contributed by atoms with Crippen LogP contribution in [0.5, 0.6) is 0 Å². The number of amides is 1. The maximum absolute atomic E-state index is 13.0. The number of halogens is 1. The minimum atomic E-state index is -0.566. The van der Waals surface area contributed by atoms with Gasteiger partial charge in [0.25, 0.3) is 5.91 Å². The molecule has 0 aliphatic heterocycles. The summed E-state index contributed by atoms with van der Waals surface area (Å²) in [6, 6.07) is 3.76. The standard InChI is InChI=1S/C12H15FN2O3/c1-15(6-5-11(16)18-2)12(17)8-3-4-9(13)10(14)7-8/h3-4,7H,5-6,14H2,1-2H3. The molecule has 0 spiro atoms. The lowest BCUT2D eigenvalue weighted by molar-refractivity contribution is -0.140. The van der Waals surface area contributed by atoms with E-state index in [1.165, 1.54) is 24.1 Å². The van der Waals surface area contributed by atoms with Crippen LogP contribution >= 0.6 is 0 Å². The number of anilines is 1. The normalized spacial score (nSPS) is 9.94. The number of nitrogen functional groups attached to an aromatic ring is 1. The van der Waals surface area contributed by atoms with Crippen molar-refractivity contribution in [2.75, 3.05) is 26.4 Å². The van der Waals surface area contributed by atoms with E-state index < -0.39 is 11.8 Å². The molecule has 0 heterocycles. The molecular formula is C12H15FN2O3. The number of nitrogens with two attached hydrogens (primary N) is 1. The lowest BCUT2D eigenvalue weighted by Gasteiger charge is -2.16. The van der Waals surface area contributed by atoms with Crippen LogP contribution in [0.4, 0.5) is 10.1 Å². The first-order valence-electron chi connectivity index (χ1n) is 5.33. The van der Waals surface area contributed by atoms with Crippen molar-refractivity contribution >= 4 is 17.6 Å². The third kappa shape index (κ3) is 3.44. The Bertz CT molecular complexity index is 463. The number of hydrogen-bond acceptors (Lipinski definition) is 4. The molecular weight excluding hydrogens is 239 g/mol. The van der Waals surface area contributed by atoms with E-state index in [1.54, 1.807) is 7.05 Å². The second-order valence-corrected chi connectivity index (χ2v) is 3.79. The maximum atomic E-state index is 13.0. The molecule has 0 aliphatic rings. The summed E-state index contributed by atoms with van der Waals surface area (Å²) in [4.78, 5) is 24.2. The number of hydrogen-bond donors (Lipinski definition) is 1. The summed E-state index contributed by atoms with van der Waals surface area (Å²) in [5, 5.41) is 0.